The second-order valence-corrected chi connectivity index (χ2v) is 3.06. The molecule has 0 spiro atoms. The first-order chi connectivity index (χ1) is 6.19. The zero-order valence-corrected chi connectivity index (χ0v) is 8.04. The number of alkyl halides is 1. The molecule has 0 amide bonds. The van der Waals surface area contributed by atoms with Gasteiger partial charge in [0, 0.05) is 6.42 Å². The van der Waals surface area contributed by atoms with Crippen LogP contribution in [0.25, 0.3) is 0 Å². The SMILES string of the molecule is CCOC(=O)[C@@H]1C[C@H](CCl)OC1=O. The van der Waals surface area contributed by atoms with Crippen molar-refractivity contribution < 1.29 is 19.1 Å². The summed E-state index contributed by atoms with van der Waals surface area (Å²) in [5, 5.41) is 0. The van der Waals surface area contributed by atoms with Crippen molar-refractivity contribution in [3.05, 3.63) is 0 Å². The number of halogens is 1. The molecule has 0 aromatic carbocycles. The molecule has 1 heterocycles. The lowest BCUT2D eigenvalue weighted by molar-refractivity contribution is -0.156. The lowest BCUT2D eigenvalue weighted by Crippen LogP contribution is -2.21. The highest BCUT2D eigenvalue weighted by Crippen LogP contribution is 2.23. The van der Waals surface area contributed by atoms with Crippen LogP contribution < -0.4 is 0 Å². The second-order valence-electron chi connectivity index (χ2n) is 2.75. The van der Waals surface area contributed by atoms with E-state index in [4.69, 9.17) is 21.1 Å². The minimum absolute atomic E-state index is 0.224. The van der Waals surface area contributed by atoms with Crippen LogP contribution in [0.3, 0.4) is 0 Å². The van der Waals surface area contributed by atoms with Crippen LogP contribution in [0.2, 0.25) is 0 Å². The molecule has 0 bridgehead atoms. The summed E-state index contributed by atoms with van der Waals surface area (Å²) in [6, 6.07) is 0. The maximum absolute atomic E-state index is 11.2. The maximum atomic E-state index is 11.2. The number of esters is 2. The van der Waals surface area contributed by atoms with E-state index >= 15 is 0 Å². The van der Waals surface area contributed by atoms with Crippen LogP contribution in [0.1, 0.15) is 13.3 Å². The standard InChI is InChI=1S/C8H11ClO4/c1-2-12-7(10)6-3-5(4-9)13-8(6)11/h5-6H,2-4H2,1H3/t5-,6+/m1/s1. The quantitative estimate of drug-likeness (QED) is 0.388. The zero-order chi connectivity index (χ0) is 9.84. The molecule has 0 N–H and O–H groups in total. The Kier molecular flexibility index (Phi) is 3.54. The smallest absolute Gasteiger partial charge is 0.320 e. The molecule has 13 heavy (non-hydrogen) atoms. The average Bonchev–Trinajstić information content (AvgIpc) is 2.47. The van der Waals surface area contributed by atoms with E-state index in [-0.39, 0.29) is 18.6 Å². The number of cyclic esters (lactones) is 1. The minimum atomic E-state index is -0.774. The Bertz CT molecular complexity index is 216. The van der Waals surface area contributed by atoms with Gasteiger partial charge < -0.3 is 9.47 Å². The third-order valence-electron chi connectivity index (χ3n) is 1.81. The summed E-state index contributed by atoms with van der Waals surface area (Å²) in [5.74, 6) is -1.59. The lowest BCUT2D eigenvalue weighted by atomic mass is 10.1. The first-order valence-corrected chi connectivity index (χ1v) is 4.65. The molecule has 0 saturated carbocycles. The number of hydrogen-bond donors (Lipinski definition) is 0. The Morgan fingerprint density at radius 1 is 1.77 bits per heavy atom. The molecule has 0 aromatic heterocycles. The van der Waals surface area contributed by atoms with Crippen LogP contribution in [0.4, 0.5) is 0 Å². The number of carbonyl (C=O) groups excluding carboxylic acids is 2. The van der Waals surface area contributed by atoms with E-state index in [0.29, 0.717) is 6.42 Å². The predicted octanol–water partition coefficient (Wildman–Crippen LogP) is 0.720. The van der Waals surface area contributed by atoms with Crippen molar-refractivity contribution in [3.63, 3.8) is 0 Å². The first-order valence-electron chi connectivity index (χ1n) is 4.12. The van der Waals surface area contributed by atoms with E-state index in [1.807, 2.05) is 0 Å². The molecule has 0 aliphatic carbocycles. The summed E-state index contributed by atoms with van der Waals surface area (Å²) in [7, 11) is 0. The summed E-state index contributed by atoms with van der Waals surface area (Å²) >= 11 is 5.49. The van der Waals surface area contributed by atoms with Crippen LogP contribution in [0.5, 0.6) is 0 Å². The minimum Gasteiger partial charge on any atom is -0.465 e. The van der Waals surface area contributed by atoms with Gasteiger partial charge in [0.1, 0.15) is 6.10 Å². The topological polar surface area (TPSA) is 52.6 Å². The zero-order valence-electron chi connectivity index (χ0n) is 7.29. The van der Waals surface area contributed by atoms with Gasteiger partial charge >= 0.3 is 11.9 Å². The summed E-state index contributed by atoms with van der Waals surface area (Å²) in [6.07, 6.45) is -0.00942. The predicted molar refractivity (Wildman–Crippen MR) is 45.3 cm³/mol. The normalized spacial score (nSPS) is 27.1. The molecule has 74 valence electrons. The fraction of sp³-hybridized carbons (Fsp3) is 0.750. The third-order valence-corrected chi connectivity index (χ3v) is 2.15. The molecule has 0 aromatic rings. The highest BCUT2D eigenvalue weighted by Gasteiger charge is 2.40. The molecular weight excluding hydrogens is 196 g/mol. The molecule has 1 aliphatic rings. The fourth-order valence-electron chi connectivity index (χ4n) is 1.18. The van der Waals surface area contributed by atoms with Crippen LogP contribution >= 0.6 is 11.6 Å². The van der Waals surface area contributed by atoms with Gasteiger partial charge in [0.25, 0.3) is 0 Å². The van der Waals surface area contributed by atoms with Gasteiger partial charge in [-0.25, -0.2) is 0 Å². The van der Waals surface area contributed by atoms with Crippen molar-refractivity contribution in [2.24, 2.45) is 5.92 Å². The van der Waals surface area contributed by atoms with Crippen molar-refractivity contribution in [2.75, 3.05) is 12.5 Å². The summed E-state index contributed by atoms with van der Waals surface area (Å²) < 4.78 is 9.53. The second kappa shape index (κ2) is 4.46. The Morgan fingerprint density at radius 3 is 2.92 bits per heavy atom. The van der Waals surface area contributed by atoms with Crippen LogP contribution in [-0.4, -0.2) is 30.5 Å². The Balaban J connectivity index is 2.52. The highest BCUT2D eigenvalue weighted by molar-refractivity contribution is 6.18. The molecule has 1 rings (SSSR count). The third kappa shape index (κ3) is 2.34. The fourth-order valence-corrected chi connectivity index (χ4v) is 1.37. The van der Waals surface area contributed by atoms with Gasteiger partial charge in [-0.15, -0.1) is 11.6 Å². The van der Waals surface area contributed by atoms with Gasteiger partial charge in [0.2, 0.25) is 0 Å². The number of hydrogen-bond acceptors (Lipinski definition) is 4. The lowest BCUT2D eigenvalue weighted by Gasteiger charge is -2.03. The van der Waals surface area contributed by atoms with Crippen molar-refractivity contribution in [1.82, 2.24) is 0 Å². The van der Waals surface area contributed by atoms with Gasteiger partial charge in [-0.1, -0.05) is 0 Å². The van der Waals surface area contributed by atoms with Crippen LogP contribution in [0, 0.1) is 5.92 Å². The summed E-state index contributed by atoms with van der Waals surface area (Å²) in [4.78, 5) is 22.2. The number of rotatable bonds is 3. The van der Waals surface area contributed by atoms with E-state index in [2.05, 4.69) is 0 Å². The Morgan fingerprint density at radius 2 is 2.46 bits per heavy atom. The van der Waals surface area contributed by atoms with Gasteiger partial charge in [-0.05, 0) is 6.92 Å². The summed E-state index contributed by atoms with van der Waals surface area (Å²) in [5.41, 5.74) is 0. The molecule has 1 saturated heterocycles. The monoisotopic (exact) mass is 206 g/mol. The van der Waals surface area contributed by atoms with Gasteiger partial charge in [0.15, 0.2) is 5.92 Å². The van der Waals surface area contributed by atoms with E-state index in [1.165, 1.54) is 0 Å². The van der Waals surface area contributed by atoms with E-state index < -0.39 is 17.9 Å². The van der Waals surface area contributed by atoms with Crippen LogP contribution in [-0.2, 0) is 19.1 Å². The highest BCUT2D eigenvalue weighted by atomic mass is 35.5. The van der Waals surface area contributed by atoms with Crippen molar-refractivity contribution in [1.29, 1.82) is 0 Å². The van der Waals surface area contributed by atoms with Gasteiger partial charge in [-0.2, -0.15) is 0 Å². The molecule has 0 radical (unpaired) electrons. The van der Waals surface area contributed by atoms with E-state index in [0.717, 1.165) is 0 Å². The number of ether oxygens (including phenoxy) is 2. The maximum Gasteiger partial charge on any atom is 0.320 e. The summed E-state index contributed by atoms with van der Waals surface area (Å²) in [6.45, 7) is 1.96. The van der Waals surface area contributed by atoms with Crippen molar-refractivity contribution in [3.8, 4) is 0 Å². The molecule has 1 aliphatic heterocycles. The Hall–Kier alpha value is -0.770. The van der Waals surface area contributed by atoms with E-state index in [9.17, 15) is 9.59 Å². The largest absolute Gasteiger partial charge is 0.465 e. The molecule has 4 nitrogen and oxygen atoms in total. The number of carbonyl (C=O) groups is 2. The first kappa shape index (κ1) is 10.3. The van der Waals surface area contributed by atoms with Gasteiger partial charge in [-0.3, -0.25) is 9.59 Å². The average molecular weight is 207 g/mol. The van der Waals surface area contributed by atoms with Crippen molar-refractivity contribution >= 4 is 23.5 Å². The molecule has 2 atom stereocenters. The van der Waals surface area contributed by atoms with Crippen LogP contribution in [0.15, 0.2) is 0 Å². The molecular formula is C8H11ClO4. The van der Waals surface area contributed by atoms with Crippen molar-refractivity contribution in [2.45, 2.75) is 19.4 Å². The molecule has 5 heteroatoms. The van der Waals surface area contributed by atoms with E-state index in [1.54, 1.807) is 6.92 Å². The molecule has 1 fully saturated rings. The van der Waals surface area contributed by atoms with Gasteiger partial charge in [0.05, 0.1) is 12.5 Å². The Labute approximate surface area is 81.1 Å². The molecule has 0 unspecified atom stereocenters.